The molecule has 2 aliphatic rings. The lowest BCUT2D eigenvalue weighted by atomic mass is 10.2. The molecule has 0 bridgehead atoms. The second kappa shape index (κ2) is 9.11. The average molecular weight is 616 g/mol. The number of fused-ring (bicyclic) bond motifs is 4. The van der Waals surface area contributed by atoms with Crippen molar-refractivity contribution in [3.05, 3.63) is 77.7 Å². The van der Waals surface area contributed by atoms with E-state index in [-0.39, 0.29) is 36.4 Å². The minimum Gasteiger partial charge on any atom is -0.432 e. The normalized spacial score (nSPS) is 18.4. The van der Waals surface area contributed by atoms with Crippen LogP contribution in [0.3, 0.4) is 0 Å². The van der Waals surface area contributed by atoms with Crippen LogP contribution in [0.2, 0.25) is 0 Å². The molecule has 0 fully saturated rings. The molecule has 11 heteroatoms. The molecular formula is C25H20Br2N4O5. The Morgan fingerprint density at radius 2 is 1.25 bits per heavy atom. The van der Waals surface area contributed by atoms with Gasteiger partial charge in [-0.05, 0) is 49.2 Å². The number of carbonyl (C=O) groups is 1. The molecule has 0 saturated carbocycles. The number of aromatic nitrogens is 4. The Kier molecular flexibility index (Phi) is 5.91. The highest BCUT2D eigenvalue weighted by molar-refractivity contribution is 9.10. The van der Waals surface area contributed by atoms with Gasteiger partial charge in [0.25, 0.3) is 11.1 Å². The van der Waals surface area contributed by atoms with E-state index in [4.69, 9.17) is 9.47 Å². The molecule has 0 saturated heterocycles. The zero-order chi connectivity index (χ0) is 25.0. The van der Waals surface area contributed by atoms with Crippen molar-refractivity contribution in [3.63, 3.8) is 0 Å². The van der Waals surface area contributed by atoms with E-state index in [1.54, 1.807) is 33.4 Å². The number of carbonyl (C=O) groups excluding carboxylic acids is 1. The van der Waals surface area contributed by atoms with Crippen LogP contribution in [-0.2, 0) is 22.3 Å². The van der Waals surface area contributed by atoms with E-state index >= 15 is 0 Å². The standard InChI is InChI=1S/C25H20Br2N4O5/c26-13-1-5-17-19(9-13)28-21-7-3-15(30(21)23(17)32)11-35-25(34)36-12-16-4-8-22-29-20-10-14(27)2-6-18(20)24(33)31(16)22/h1-2,5-6,9-10,15-16H,3-4,7-8,11-12H2. The molecule has 0 N–H and O–H groups in total. The number of ether oxygens (including phenoxy) is 2. The van der Waals surface area contributed by atoms with Crippen molar-refractivity contribution >= 4 is 59.8 Å². The number of rotatable bonds is 4. The molecule has 4 aromatic rings. The zero-order valence-electron chi connectivity index (χ0n) is 18.9. The molecule has 4 heterocycles. The summed E-state index contributed by atoms with van der Waals surface area (Å²) >= 11 is 6.82. The van der Waals surface area contributed by atoms with E-state index in [1.807, 2.05) is 12.1 Å². The fourth-order valence-electron chi connectivity index (χ4n) is 5.08. The van der Waals surface area contributed by atoms with Crippen molar-refractivity contribution in [3.8, 4) is 0 Å². The van der Waals surface area contributed by atoms with E-state index in [0.29, 0.717) is 59.1 Å². The number of benzene rings is 2. The van der Waals surface area contributed by atoms with Crippen LogP contribution >= 0.6 is 31.9 Å². The van der Waals surface area contributed by atoms with Gasteiger partial charge in [-0.25, -0.2) is 14.8 Å². The van der Waals surface area contributed by atoms with Gasteiger partial charge in [0.05, 0.1) is 33.9 Å². The second-order valence-electron chi connectivity index (χ2n) is 8.99. The quantitative estimate of drug-likeness (QED) is 0.312. The molecule has 2 aromatic heterocycles. The van der Waals surface area contributed by atoms with Crippen molar-refractivity contribution in [2.75, 3.05) is 13.2 Å². The molecule has 0 aliphatic carbocycles. The highest BCUT2D eigenvalue weighted by atomic mass is 79.9. The second-order valence-corrected chi connectivity index (χ2v) is 10.8. The van der Waals surface area contributed by atoms with Gasteiger partial charge in [-0.2, -0.15) is 0 Å². The van der Waals surface area contributed by atoms with Gasteiger partial charge in [0.15, 0.2) is 0 Å². The summed E-state index contributed by atoms with van der Waals surface area (Å²) in [6.45, 7) is 0.0233. The van der Waals surface area contributed by atoms with Gasteiger partial charge in [0.1, 0.15) is 24.9 Å². The predicted octanol–water partition coefficient (Wildman–Crippen LogP) is 4.46. The average Bonchev–Trinajstić information content (AvgIpc) is 3.45. The van der Waals surface area contributed by atoms with Crippen LogP contribution in [0.15, 0.2) is 54.9 Å². The molecule has 184 valence electrons. The fraction of sp³-hybridized carbons (Fsp3) is 0.320. The first kappa shape index (κ1) is 23.4. The van der Waals surface area contributed by atoms with E-state index in [9.17, 15) is 14.4 Å². The minimum absolute atomic E-state index is 0.0116. The third-order valence-electron chi connectivity index (χ3n) is 6.79. The van der Waals surface area contributed by atoms with Crippen molar-refractivity contribution in [2.24, 2.45) is 0 Å². The summed E-state index contributed by atoms with van der Waals surface area (Å²) in [6.07, 6.45) is 1.72. The van der Waals surface area contributed by atoms with Gasteiger partial charge in [-0.3, -0.25) is 18.7 Å². The Morgan fingerprint density at radius 3 is 1.69 bits per heavy atom. The summed E-state index contributed by atoms with van der Waals surface area (Å²) in [5.74, 6) is 1.36. The van der Waals surface area contributed by atoms with Crippen molar-refractivity contribution in [1.29, 1.82) is 0 Å². The van der Waals surface area contributed by atoms with E-state index in [2.05, 4.69) is 41.8 Å². The van der Waals surface area contributed by atoms with Crippen molar-refractivity contribution < 1.29 is 14.3 Å². The number of halogens is 2. The van der Waals surface area contributed by atoms with Gasteiger partial charge in [0, 0.05) is 21.8 Å². The van der Waals surface area contributed by atoms with Gasteiger partial charge in [-0.15, -0.1) is 0 Å². The maximum Gasteiger partial charge on any atom is 0.508 e. The summed E-state index contributed by atoms with van der Waals surface area (Å²) in [4.78, 5) is 47.7. The lowest BCUT2D eigenvalue weighted by molar-refractivity contribution is 0.0375. The lowest BCUT2D eigenvalue weighted by Crippen LogP contribution is -2.29. The van der Waals surface area contributed by atoms with Crippen molar-refractivity contribution in [2.45, 2.75) is 37.8 Å². The highest BCUT2D eigenvalue weighted by Crippen LogP contribution is 2.27. The summed E-state index contributed by atoms with van der Waals surface area (Å²) in [5, 5.41) is 1.05. The molecule has 2 aliphatic heterocycles. The highest BCUT2D eigenvalue weighted by Gasteiger charge is 2.29. The Labute approximate surface area is 221 Å². The van der Waals surface area contributed by atoms with Crippen LogP contribution in [-0.4, -0.2) is 38.5 Å². The zero-order valence-corrected chi connectivity index (χ0v) is 22.1. The molecule has 2 unspecified atom stereocenters. The van der Waals surface area contributed by atoms with Gasteiger partial charge in [-0.1, -0.05) is 31.9 Å². The van der Waals surface area contributed by atoms with Gasteiger partial charge >= 0.3 is 6.16 Å². The molecule has 0 spiro atoms. The first-order valence-corrected chi connectivity index (χ1v) is 13.2. The summed E-state index contributed by atoms with van der Waals surface area (Å²) in [5.41, 5.74) is 0.999. The Hall–Kier alpha value is -3.05. The smallest absolute Gasteiger partial charge is 0.432 e. The number of hydrogen-bond donors (Lipinski definition) is 0. The summed E-state index contributed by atoms with van der Waals surface area (Å²) in [6, 6.07) is 10.1. The molecule has 9 nitrogen and oxygen atoms in total. The Balaban J connectivity index is 1.13. The monoisotopic (exact) mass is 614 g/mol. The molecule has 36 heavy (non-hydrogen) atoms. The molecule has 2 atom stereocenters. The summed E-state index contributed by atoms with van der Waals surface area (Å²) in [7, 11) is 0. The summed E-state index contributed by atoms with van der Waals surface area (Å²) < 4.78 is 15.7. The predicted molar refractivity (Wildman–Crippen MR) is 139 cm³/mol. The molecular weight excluding hydrogens is 596 g/mol. The van der Waals surface area contributed by atoms with Crippen LogP contribution in [0.25, 0.3) is 21.8 Å². The van der Waals surface area contributed by atoms with Crippen LogP contribution in [0, 0.1) is 0 Å². The Bertz CT molecular complexity index is 1540. The molecule has 6 rings (SSSR count). The molecule has 2 aromatic carbocycles. The van der Waals surface area contributed by atoms with Crippen LogP contribution in [0.1, 0.15) is 36.6 Å². The largest absolute Gasteiger partial charge is 0.508 e. The SMILES string of the molecule is O=C(OCC1CCc2nc3cc(Br)ccc3c(=O)n21)OCC1CCc2nc3cc(Br)ccc3c(=O)n21. The number of nitrogens with zero attached hydrogens (tertiary/aromatic N) is 4. The minimum atomic E-state index is -0.826. The molecule has 0 amide bonds. The van der Waals surface area contributed by atoms with E-state index in [0.717, 1.165) is 8.95 Å². The third kappa shape index (κ3) is 4.03. The van der Waals surface area contributed by atoms with Crippen molar-refractivity contribution in [1.82, 2.24) is 19.1 Å². The van der Waals surface area contributed by atoms with Crippen LogP contribution < -0.4 is 11.1 Å². The third-order valence-corrected chi connectivity index (χ3v) is 7.78. The topological polar surface area (TPSA) is 105 Å². The fourth-order valence-corrected chi connectivity index (χ4v) is 5.78. The maximum absolute atomic E-state index is 13.0. The maximum atomic E-state index is 13.0. The van der Waals surface area contributed by atoms with Crippen LogP contribution in [0.5, 0.6) is 0 Å². The first-order valence-electron chi connectivity index (χ1n) is 11.6. The number of hydrogen-bond acceptors (Lipinski definition) is 7. The number of aryl methyl sites for hydroxylation is 2. The molecule has 0 radical (unpaired) electrons. The Morgan fingerprint density at radius 1 is 0.806 bits per heavy atom. The van der Waals surface area contributed by atoms with E-state index < -0.39 is 6.16 Å². The van der Waals surface area contributed by atoms with E-state index in [1.165, 1.54) is 0 Å². The van der Waals surface area contributed by atoms with Gasteiger partial charge < -0.3 is 9.47 Å². The first-order chi connectivity index (χ1) is 17.4. The lowest BCUT2D eigenvalue weighted by Gasteiger charge is -2.17. The van der Waals surface area contributed by atoms with Gasteiger partial charge in [0.2, 0.25) is 0 Å². The van der Waals surface area contributed by atoms with Crippen LogP contribution in [0.4, 0.5) is 4.79 Å².